The summed E-state index contributed by atoms with van der Waals surface area (Å²) in [7, 11) is 0. The molecule has 432 valence electrons. The molecule has 78 heavy (non-hydrogen) atoms. The number of carboxylic acids is 1. The van der Waals surface area contributed by atoms with Crippen molar-refractivity contribution in [1.29, 1.82) is 0 Å². The Labute approximate surface area is 451 Å². The van der Waals surface area contributed by atoms with E-state index in [1.807, 2.05) is 38.1 Å². The van der Waals surface area contributed by atoms with Gasteiger partial charge in [0.1, 0.15) is 66.7 Å². The monoisotopic (exact) mass is 1100 g/mol. The molecule has 3 aromatic rings. The lowest BCUT2D eigenvalue weighted by Gasteiger charge is -2.48. The fourth-order valence-electron chi connectivity index (χ4n) is 11.4. The van der Waals surface area contributed by atoms with E-state index in [-0.39, 0.29) is 43.9 Å². The van der Waals surface area contributed by atoms with Crippen LogP contribution in [0.1, 0.15) is 93.6 Å². The number of nitrogens with zero attached hydrogens (tertiary/aromatic N) is 3. The van der Waals surface area contributed by atoms with E-state index >= 15 is 0 Å². The van der Waals surface area contributed by atoms with Gasteiger partial charge in [-0.1, -0.05) is 92.6 Å². The molecule has 8 rings (SSSR count). The third-order valence-corrected chi connectivity index (χ3v) is 15.8. The van der Waals surface area contributed by atoms with Crippen LogP contribution in [0.15, 0.2) is 60.8 Å². The molecule has 24 nitrogen and oxygen atoms in total. The van der Waals surface area contributed by atoms with Crippen LogP contribution in [0, 0.1) is 24.7 Å². The van der Waals surface area contributed by atoms with Crippen molar-refractivity contribution in [2.24, 2.45) is 17.8 Å². The Morgan fingerprint density at radius 1 is 0.782 bits per heavy atom. The van der Waals surface area contributed by atoms with E-state index < -0.39 is 153 Å². The molecule has 0 bridgehead atoms. The predicted molar refractivity (Wildman–Crippen MR) is 269 cm³/mol. The molecule has 2 aliphatic carbocycles. The lowest BCUT2D eigenvalue weighted by molar-refractivity contribution is -0.349. The maximum atomic E-state index is 14.3. The molecule has 5 aliphatic rings. The number of aliphatic hydroxyl groups is 8. The standard InChI is InChI=1S/C54H76N4O20/c1-4-30-22-33(49(67)55-18-19-71-52-43(64)39(41(62)37(25-59)75-52)58-24-34(56-57-58)32-17-11-12-27(2)20-32)23-35(46(30)78-53-45(66)44(65)40(61)28(3)72-53)74-54-48(77-51(70)31-15-9-6-10-16-31)47(42(63)38(26-60)76-54)73-36(50(68)69)21-29-13-7-5-8-14-29/h6,9-12,15-17,20,24,28-30,33,35-48,52-54,59-66H,4-5,7-8,13-14,18-19,21-23,25-26H2,1-3H3,(H,55,67)(H,68,69)/t28?,30-,33?,35-,36+,37-,38?,39?,40-,41-,42+,43?,44+,45?,46?,47?,48?,52+,53+,54-/m1/s1. The molecule has 2 aromatic carbocycles. The minimum Gasteiger partial charge on any atom is -0.479 e. The summed E-state index contributed by atoms with van der Waals surface area (Å²) in [6.45, 7) is 3.48. The molecular weight excluding hydrogens is 1020 g/mol. The first-order valence-corrected chi connectivity index (χ1v) is 27.1. The van der Waals surface area contributed by atoms with Gasteiger partial charge in [-0.05, 0) is 63.1 Å². The molecule has 10 N–H and O–H groups in total. The molecule has 9 unspecified atom stereocenters. The van der Waals surface area contributed by atoms with Crippen LogP contribution < -0.4 is 5.32 Å². The number of nitrogens with one attached hydrogen (secondary N) is 1. The Hall–Kier alpha value is -4.61. The third kappa shape index (κ3) is 13.9. The quantitative estimate of drug-likeness (QED) is 0.0513. The Kier molecular flexibility index (Phi) is 20.8. The van der Waals surface area contributed by atoms with Gasteiger partial charge < -0.3 is 89.2 Å². The van der Waals surface area contributed by atoms with Gasteiger partial charge in [0.25, 0.3) is 0 Å². The molecule has 4 heterocycles. The number of ether oxygens (including phenoxy) is 8. The Morgan fingerprint density at radius 3 is 2.19 bits per heavy atom. The van der Waals surface area contributed by atoms with Crippen molar-refractivity contribution in [3.8, 4) is 11.3 Å². The zero-order valence-corrected chi connectivity index (χ0v) is 43.9. The van der Waals surface area contributed by atoms with E-state index in [4.69, 9.17) is 37.9 Å². The minimum absolute atomic E-state index is 0.000351. The second kappa shape index (κ2) is 27.2. The van der Waals surface area contributed by atoms with Gasteiger partial charge in [0.15, 0.2) is 31.1 Å². The first-order valence-electron chi connectivity index (χ1n) is 27.1. The zero-order chi connectivity index (χ0) is 55.8. The summed E-state index contributed by atoms with van der Waals surface area (Å²) in [4.78, 5) is 41.2. The molecule has 0 radical (unpaired) electrons. The van der Waals surface area contributed by atoms with Crippen molar-refractivity contribution in [2.75, 3.05) is 26.4 Å². The molecule has 0 spiro atoms. The summed E-state index contributed by atoms with van der Waals surface area (Å²) in [6, 6.07) is 14.2. The zero-order valence-electron chi connectivity index (χ0n) is 43.9. The number of amides is 1. The van der Waals surface area contributed by atoms with Gasteiger partial charge in [-0.15, -0.1) is 5.10 Å². The van der Waals surface area contributed by atoms with Crippen LogP contribution in [0.25, 0.3) is 11.3 Å². The number of aryl methyl sites for hydroxylation is 1. The Bertz CT molecular complexity index is 2400. The normalized spacial score (nSPS) is 36.1. The number of carbonyl (C=O) groups excluding carboxylic acids is 2. The van der Waals surface area contributed by atoms with Gasteiger partial charge in [0.05, 0.1) is 49.9 Å². The van der Waals surface area contributed by atoms with Crippen LogP contribution in [0.4, 0.5) is 0 Å². The van der Waals surface area contributed by atoms with Gasteiger partial charge >= 0.3 is 11.9 Å². The lowest BCUT2D eigenvalue weighted by atomic mass is 9.75. The summed E-state index contributed by atoms with van der Waals surface area (Å²) in [5.41, 5.74) is 2.32. The molecular formula is C54H76N4O20. The number of carboxylic acid groups (broad SMARTS) is 1. The van der Waals surface area contributed by atoms with E-state index in [0.717, 1.165) is 43.2 Å². The first kappa shape index (κ1) is 59.5. The van der Waals surface area contributed by atoms with E-state index in [2.05, 4.69) is 15.6 Å². The summed E-state index contributed by atoms with van der Waals surface area (Å²) < 4.78 is 50.6. The maximum Gasteiger partial charge on any atom is 0.338 e. The topological polar surface area (TPSA) is 350 Å². The number of aliphatic carboxylic acids is 1. The highest BCUT2D eigenvalue weighted by molar-refractivity contribution is 5.89. The second-order valence-electron chi connectivity index (χ2n) is 21.2. The SMILES string of the molecule is CC[C@@H]1CC(C(=O)NCCO[C@H]2O[C@H](CO)[C@@H](O)C(n3cc(-c4cccc(C)c4)nn3)C2O)C[C@@H](O[C@@H]2OC(CO)[C@H](O)C(O[C@@H](CC3CCCCC3)C(=O)O)C2OC(=O)c2ccccc2)C1O[C@@H]1OC(C)[C@@H](O)[C@H](O)C1O. The largest absolute Gasteiger partial charge is 0.479 e. The predicted octanol–water partition coefficient (Wildman–Crippen LogP) is 0.513. The average molecular weight is 1100 g/mol. The van der Waals surface area contributed by atoms with E-state index in [9.17, 15) is 60.3 Å². The number of hydrogen-bond donors (Lipinski definition) is 10. The van der Waals surface area contributed by atoms with Crippen molar-refractivity contribution in [3.05, 3.63) is 71.9 Å². The molecule has 3 saturated heterocycles. The fraction of sp³-hybridized carbons (Fsp3) is 0.685. The van der Waals surface area contributed by atoms with E-state index in [0.29, 0.717) is 12.1 Å². The number of aliphatic hydroxyl groups excluding tert-OH is 8. The van der Waals surface area contributed by atoms with Crippen LogP contribution in [0.5, 0.6) is 0 Å². The second-order valence-corrected chi connectivity index (χ2v) is 21.2. The summed E-state index contributed by atoms with van der Waals surface area (Å²) in [5, 5.41) is 109. The number of hydrogen-bond acceptors (Lipinski definition) is 21. The van der Waals surface area contributed by atoms with E-state index in [1.54, 1.807) is 24.4 Å². The number of benzene rings is 2. The molecule has 3 aliphatic heterocycles. The van der Waals surface area contributed by atoms with E-state index in [1.165, 1.54) is 23.7 Å². The fourth-order valence-corrected chi connectivity index (χ4v) is 11.4. The Morgan fingerprint density at radius 2 is 1.50 bits per heavy atom. The van der Waals surface area contributed by atoms with Crippen molar-refractivity contribution in [1.82, 2.24) is 20.3 Å². The third-order valence-electron chi connectivity index (χ3n) is 15.8. The molecule has 2 saturated carbocycles. The summed E-state index contributed by atoms with van der Waals surface area (Å²) in [6.07, 6.45) is -18.5. The maximum absolute atomic E-state index is 14.3. The highest BCUT2D eigenvalue weighted by Gasteiger charge is 2.54. The van der Waals surface area contributed by atoms with Crippen LogP contribution in [-0.4, -0.2) is 209 Å². The van der Waals surface area contributed by atoms with Crippen molar-refractivity contribution in [3.63, 3.8) is 0 Å². The molecule has 1 aromatic heterocycles. The highest BCUT2D eigenvalue weighted by atomic mass is 16.7. The van der Waals surface area contributed by atoms with Crippen molar-refractivity contribution < 1.29 is 98.2 Å². The first-order chi connectivity index (χ1) is 37.5. The molecule has 24 heteroatoms. The number of aromatic nitrogens is 3. The van der Waals surface area contributed by atoms with Crippen molar-refractivity contribution in [2.45, 2.75) is 189 Å². The van der Waals surface area contributed by atoms with Gasteiger partial charge in [0.2, 0.25) is 5.91 Å². The molecule has 1 amide bonds. The molecule has 5 fully saturated rings. The number of rotatable bonds is 21. The van der Waals surface area contributed by atoms with Gasteiger partial charge in [0, 0.05) is 18.0 Å². The van der Waals surface area contributed by atoms with Crippen LogP contribution >= 0.6 is 0 Å². The highest BCUT2D eigenvalue weighted by Crippen LogP contribution is 2.41. The van der Waals surface area contributed by atoms with Gasteiger partial charge in [-0.3, -0.25) is 4.79 Å². The number of esters is 1. The molecule has 20 atom stereocenters. The smallest absolute Gasteiger partial charge is 0.338 e. The Balaban J connectivity index is 1.02. The van der Waals surface area contributed by atoms with Crippen LogP contribution in [0.2, 0.25) is 0 Å². The van der Waals surface area contributed by atoms with Crippen molar-refractivity contribution >= 4 is 17.8 Å². The van der Waals surface area contributed by atoms with Gasteiger partial charge in [-0.2, -0.15) is 0 Å². The summed E-state index contributed by atoms with van der Waals surface area (Å²) >= 11 is 0. The van der Waals surface area contributed by atoms with Gasteiger partial charge in [-0.25, -0.2) is 14.3 Å². The summed E-state index contributed by atoms with van der Waals surface area (Å²) in [5.74, 6) is -4.11. The van der Waals surface area contributed by atoms with Crippen LogP contribution in [-0.2, 0) is 47.5 Å². The average Bonchev–Trinajstić information content (AvgIpc) is 3.93. The minimum atomic E-state index is -1.75. The lowest BCUT2D eigenvalue weighted by Crippen LogP contribution is -2.64. The van der Waals surface area contributed by atoms with Crippen LogP contribution in [0.3, 0.4) is 0 Å². The number of carbonyl (C=O) groups is 3.